The maximum atomic E-state index is 11.2. The first-order valence-corrected chi connectivity index (χ1v) is 7.05. The highest BCUT2D eigenvalue weighted by Crippen LogP contribution is 2.28. The lowest BCUT2D eigenvalue weighted by molar-refractivity contribution is -0.143. The molecule has 0 saturated carbocycles. The van der Waals surface area contributed by atoms with E-state index in [1.54, 1.807) is 11.8 Å². The number of halogens is 2. The Morgan fingerprint density at radius 1 is 1.41 bits per heavy atom. The van der Waals surface area contributed by atoms with Crippen LogP contribution in [0.15, 0.2) is 18.2 Å². The Hall–Kier alpha value is -0.380. The van der Waals surface area contributed by atoms with Crippen molar-refractivity contribution in [1.29, 1.82) is 0 Å². The predicted molar refractivity (Wildman–Crippen MR) is 73.8 cm³/mol. The number of benzene rings is 1. The smallest absolute Gasteiger partial charge is 0.309 e. The largest absolute Gasteiger partial charge is 0.469 e. The summed E-state index contributed by atoms with van der Waals surface area (Å²) in [6.45, 7) is 1.84. The van der Waals surface area contributed by atoms with Crippen LogP contribution < -0.4 is 0 Å². The van der Waals surface area contributed by atoms with Crippen LogP contribution >= 0.6 is 35.0 Å². The molecule has 0 bridgehead atoms. The van der Waals surface area contributed by atoms with Gasteiger partial charge in [-0.3, -0.25) is 4.79 Å². The van der Waals surface area contributed by atoms with Gasteiger partial charge in [-0.2, -0.15) is 11.8 Å². The third-order valence-electron chi connectivity index (χ3n) is 2.28. The number of carbonyl (C=O) groups is 1. The van der Waals surface area contributed by atoms with E-state index >= 15 is 0 Å². The molecule has 0 aliphatic carbocycles. The summed E-state index contributed by atoms with van der Waals surface area (Å²) in [5.41, 5.74) is 0.915. The third kappa shape index (κ3) is 4.41. The molecule has 0 aromatic heterocycles. The summed E-state index contributed by atoms with van der Waals surface area (Å²) < 4.78 is 4.66. The van der Waals surface area contributed by atoms with Crippen LogP contribution in [0.5, 0.6) is 0 Å². The lowest BCUT2D eigenvalue weighted by Crippen LogP contribution is -2.14. The Kier molecular flexibility index (Phi) is 6.17. The number of methoxy groups -OCH3 is 1. The van der Waals surface area contributed by atoms with E-state index in [-0.39, 0.29) is 11.9 Å². The normalized spacial score (nSPS) is 12.2. The van der Waals surface area contributed by atoms with E-state index < -0.39 is 0 Å². The SMILES string of the molecule is COC(=O)C(C)CSCc1c(Cl)cccc1Cl. The van der Waals surface area contributed by atoms with E-state index in [1.807, 2.05) is 25.1 Å². The number of rotatable bonds is 5. The number of esters is 1. The van der Waals surface area contributed by atoms with Crippen molar-refractivity contribution in [3.8, 4) is 0 Å². The monoisotopic (exact) mass is 292 g/mol. The molecule has 2 nitrogen and oxygen atoms in total. The van der Waals surface area contributed by atoms with E-state index in [0.29, 0.717) is 21.6 Å². The molecular weight excluding hydrogens is 279 g/mol. The minimum absolute atomic E-state index is 0.119. The van der Waals surface area contributed by atoms with Crippen LogP contribution in [-0.2, 0) is 15.3 Å². The number of hydrogen-bond acceptors (Lipinski definition) is 3. The lowest BCUT2D eigenvalue weighted by atomic mass is 10.2. The predicted octanol–water partition coefficient (Wildman–Crippen LogP) is 4.04. The minimum atomic E-state index is -0.192. The fourth-order valence-corrected chi connectivity index (χ4v) is 3.09. The fourth-order valence-electron chi connectivity index (χ4n) is 1.28. The highest BCUT2D eigenvalue weighted by molar-refractivity contribution is 7.98. The van der Waals surface area contributed by atoms with Crippen molar-refractivity contribution in [1.82, 2.24) is 0 Å². The second kappa shape index (κ2) is 7.14. The molecular formula is C12H14Cl2O2S. The molecule has 17 heavy (non-hydrogen) atoms. The molecule has 1 aromatic carbocycles. The molecule has 1 atom stereocenters. The maximum Gasteiger partial charge on any atom is 0.309 e. The molecule has 1 rings (SSSR count). The Morgan fingerprint density at radius 3 is 2.53 bits per heavy atom. The zero-order chi connectivity index (χ0) is 12.8. The molecule has 0 radical (unpaired) electrons. The molecule has 94 valence electrons. The van der Waals surface area contributed by atoms with E-state index in [9.17, 15) is 4.79 Å². The molecule has 0 aliphatic rings. The van der Waals surface area contributed by atoms with Gasteiger partial charge in [-0.05, 0) is 17.7 Å². The summed E-state index contributed by atoms with van der Waals surface area (Å²) in [4.78, 5) is 11.2. The van der Waals surface area contributed by atoms with Gasteiger partial charge in [-0.15, -0.1) is 0 Å². The van der Waals surface area contributed by atoms with E-state index in [4.69, 9.17) is 23.2 Å². The van der Waals surface area contributed by atoms with E-state index in [1.165, 1.54) is 7.11 Å². The van der Waals surface area contributed by atoms with Crippen molar-refractivity contribution in [3.63, 3.8) is 0 Å². The minimum Gasteiger partial charge on any atom is -0.469 e. The van der Waals surface area contributed by atoms with Crippen LogP contribution in [0.2, 0.25) is 10.0 Å². The number of ether oxygens (including phenoxy) is 1. The molecule has 0 fully saturated rings. The van der Waals surface area contributed by atoms with Crippen molar-refractivity contribution in [2.45, 2.75) is 12.7 Å². The Balaban J connectivity index is 2.49. The first kappa shape index (κ1) is 14.7. The zero-order valence-corrected chi connectivity index (χ0v) is 12.0. The average molecular weight is 293 g/mol. The van der Waals surface area contributed by atoms with Gasteiger partial charge in [0.1, 0.15) is 0 Å². The van der Waals surface area contributed by atoms with E-state index in [0.717, 1.165) is 5.56 Å². The fraction of sp³-hybridized carbons (Fsp3) is 0.417. The summed E-state index contributed by atoms with van der Waals surface area (Å²) in [6.07, 6.45) is 0. The van der Waals surface area contributed by atoms with Gasteiger partial charge in [0.2, 0.25) is 0 Å². The topological polar surface area (TPSA) is 26.3 Å². The van der Waals surface area contributed by atoms with Gasteiger partial charge >= 0.3 is 5.97 Å². The van der Waals surface area contributed by atoms with Gasteiger partial charge in [0, 0.05) is 21.6 Å². The summed E-state index contributed by atoms with van der Waals surface area (Å²) in [7, 11) is 1.40. The van der Waals surface area contributed by atoms with Crippen LogP contribution in [-0.4, -0.2) is 18.8 Å². The van der Waals surface area contributed by atoms with Crippen molar-refractivity contribution >= 4 is 40.9 Å². The number of thioether (sulfide) groups is 1. The first-order valence-electron chi connectivity index (χ1n) is 5.14. The van der Waals surface area contributed by atoms with Crippen molar-refractivity contribution < 1.29 is 9.53 Å². The van der Waals surface area contributed by atoms with Gasteiger partial charge in [0.25, 0.3) is 0 Å². The molecule has 1 aromatic rings. The van der Waals surface area contributed by atoms with Gasteiger partial charge < -0.3 is 4.74 Å². The molecule has 0 aliphatic heterocycles. The van der Waals surface area contributed by atoms with Crippen molar-refractivity contribution in [2.24, 2.45) is 5.92 Å². The number of carbonyl (C=O) groups excluding carboxylic acids is 1. The van der Waals surface area contributed by atoms with Gasteiger partial charge in [-0.1, -0.05) is 36.2 Å². The molecule has 0 saturated heterocycles. The first-order chi connectivity index (χ1) is 8.06. The highest BCUT2D eigenvalue weighted by Gasteiger charge is 2.13. The molecule has 1 unspecified atom stereocenters. The highest BCUT2D eigenvalue weighted by atomic mass is 35.5. The lowest BCUT2D eigenvalue weighted by Gasteiger charge is -2.10. The molecule has 0 N–H and O–H groups in total. The van der Waals surface area contributed by atoms with Crippen molar-refractivity contribution in [3.05, 3.63) is 33.8 Å². The average Bonchev–Trinajstić information content (AvgIpc) is 2.31. The molecule has 0 spiro atoms. The van der Waals surface area contributed by atoms with Crippen molar-refractivity contribution in [2.75, 3.05) is 12.9 Å². The van der Waals surface area contributed by atoms with Gasteiger partial charge in [-0.25, -0.2) is 0 Å². The molecule has 0 heterocycles. The van der Waals surface area contributed by atoms with E-state index in [2.05, 4.69) is 4.74 Å². The van der Waals surface area contributed by atoms with Crippen LogP contribution in [0.3, 0.4) is 0 Å². The maximum absolute atomic E-state index is 11.2. The Bertz CT molecular complexity index is 376. The van der Waals surface area contributed by atoms with Crippen LogP contribution in [0.4, 0.5) is 0 Å². The number of hydrogen-bond donors (Lipinski definition) is 0. The quantitative estimate of drug-likeness (QED) is 0.767. The Morgan fingerprint density at radius 2 is 2.00 bits per heavy atom. The van der Waals surface area contributed by atoms with Gasteiger partial charge in [0.15, 0.2) is 0 Å². The van der Waals surface area contributed by atoms with Crippen LogP contribution in [0.1, 0.15) is 12.5 Å². The van der Waals surface area contributed by atoms with Crippen LogP contribution in [0.25, 0.3) is 0 Å². The standard InChI is InChI=1S/C12H14Cl2O2S/c1-8(12(15)16-2)6-17-7-9-10(13)4-3-5-11(9)14/h3-5,8H,6-7H2,1-2H3. The summed E-state index contributed by atoms with van der Waals surface area (Å²) in [6, 6.07) is 5.44. The summed E-state index contributed by atoms with van der Waals surface area (Å²) in [5, 5.41) is 1.33. The summed E-state index contributed by atoms with van der Waals surface area (Å²) >= 11 is 13.7. The molecule has 5 heteroatoms. The van der Waals surface area contributed by atoms with Gasteiger partial charge in [0.05, 0.1) is 13.0 Å². The second-order valence-electron chi connectivity index (χ2n) is 3.64. The third-order valence-corrected chi connectivity index (χ3v) is 4.22. The molecule has 0 amide bonds. The zero-order valence-electron chi connectivity index (χ0n) is 9.70. The summed E-state index contributed by atoms with van der Waals surface area (Å²) in [5.74, 6) is 1.07. The van der Waals surface area contributed by atoms with Crippen LogP contribution in [0, 0.1) is 5.92 Å². The Labute approximate surface area is 116 Å². The second-order valence-corrected chi connectivity index (χ2v) is 5.48.